The molecule has 0 aliphatic heterocycles. The summed E-state index contributed by atoms with van der Waals surface area (Å²) in [7, 11) is 0. The van der Waals surface area contributed by atoms with Crippen molar-refractivity contribution in [3.8, 4) is 0 Å². The second-order valence-electron chi connectivity index (χ2n) is 12.9. The SMILES string of the molecule is CC=C(CCC(C)C1CCC2C3=CCC4C(CO)C(O)CCC4(C)C3CCC21C)C(C)C. The maximum Gasteiger partial charge on any atom is 0.0593 e. The third-order valence-electron chi connectivity index (χ3n) is 11.3. The Labute approximate surface area is 198 Å². The predicted octanol–water partition coefficient (Wildman–Crippen LogP) is 7.16. The van der Waals surface area contributed by atoms with Gasteiger partial charge >= 0.3 is 0 Å². The van der Waals surface area contributed by atoms with E-state index in [0.717, 1.165) is 37.0 Å². The lowest BCUT2D eigenvalue weighted by Gasteiger charge is -2.59. The van der Waals surface area contributed by atoms with Gasteiger partial charge in [-0.1, -0.05) is 57.9 Å². The Morgan fingerprint density at radius 3 is 2.41 bits per heavy atom. The van der Waals surface area contributed by atoms with Crippen LogP contribution in [0.15, 0.2) is 23.3 Å². The highest BCUT2D eigenvalue weighted by Gasteiger charge is 2.59. The number of hydrogen-bond acceptors (Lipinski definition) is 2. The van der Waals surface area contributed by atoms with Crippen LogP contribution in [0, 0.1) is 52.3 Å². The van der Waals surface area contributed by atoms with Gasteiger partial charge in [0.15, 0.2) is 0 Å². The lowest BCUT2D eigenvalue weighted by Crippen LogP contribution is -2.53. The molecule has 0 aromatic carbocycles. The van der Waals surface area contributed by atoms with E-state index in [1.807, 2.05) is 0 Å². The molecule has 0 amide bonds. The first kappa shape index (κ1) is 24.5. The predicted molar refractivity (Wildman–Crippen MR) is 134 cm³/mol. The molecule has 0 radical (unpaired) electrons. The van der Waals surface area contributed by atoms with Crippen molar-refractivity contribution < 1.29 is 10.2 Å². The molecule has 4 rings (SSSR count). The summed E-state index contributed by atoms with van der Waals surface area (Å²) in [6.45, 7) is 14.7. The highest BCUT2D eigenvalue weighted by Crippen LogP contribution is 2.67. The molecule has 0 heterocycles. The zero-order valence-electron chi connectivity index (χ0n) is 21.7. The highest BCUT2D eigenvalue weighted by atomic mass is 16.3. The highest BCUT2D eigenvalue weighted by molar-refractivity contribution is 5.28. The van der Waals surface area contributed by atoms with E-state index in [9.17, 15) is 10.2 Å². The van der Waals surface area contributed by atoms with Crippen LogP contribution in [0.2, 0.25) is 0 Å². The van der Waals surface area contributed by atoms with Crippen molar-refractivity contribution in [2.24, 2.45) is 52.3 Å². The summed E-state index contributed by atoms with van der Waals surface area (Å²) in [5.74, 6) is 4.27. The van der Waals surface area contributed by atoms with E-state index in [1.54, 1.807) is 11.1 Å². The Hall–Kier alpha value is -0.600. The van der Waals surface area contributed by atoms with E-state index in [-0.39, 0.29) is 24.0 Å². The van der Waals surface area contributed by atoms with Crippen molar-refractivity contribution in [3.63, 3.8) is 0 Å². The van der Waals surface area contributed by atoms with Crippen LogP contribution in [0.5, 0.6) is 0 Å². The fourth-order valence-corrected chi connectivity index (χ4v) is 9.33. The largest absolute Gasteiger partial charge is 0.396 e. The maximum absolute atomic E-state index is 10.6. The first-order chi connectivity index (χ1) is 15.2. The van der Waals surface area contributed by atoms with Gasteiger partial charge in [-0.2, -0.15) is 0 Å². The summed E-state index contributed by atoms with van der Waals surface area (Å²) in [4.78, 5) is 0. The second-order valence-corrected chi connectivity index (χ2v) is 12.9. The first-order valence-electron chi connectivity index (χ1n) is 13.8. The zero-order valence-corrected chi connectivity index (χ0v) is 21.7. The summed E-state index contributed by atoms with van der Waals surface area (Å²) >= 11 is 0. The topological polar surface area (TPSA) is 40.5 Å². The molecule has 2 nitrogen and oxygen atoms in total. The number of aliphatic hydroxyl groups is 2. The van der Waals surface area contributed by atoms with E-state index in [2.05, 4.69) is 53.7 Å². The van der Waals surface area contributed by atoms with E-state index in [1.165, 1.54) is 38.5 Å². The van der Waals surface area contributed by atoms with E-state index in [0.29, 0.717) is 23.2 Å². The van der Waals surface area contributed by atoms with E-state index < -0.39 is 0 Å². The number of rotatable bonds is 6. The molecule has 9 atom stereocenters. The van der Waals surface area contributed by atoms with Crippen LogP contribution in [0.25, 0.3) is 0 Å². The first-order valence-corrected chi connectivity index (χ1v) is 13.8. The van der Waals surface area contributed by atoms with Crippen molar-refractivity contribution in [3.05, 3.63) is 23.3 Å². The van der Waals surface area contributed by atoms with Crippen molar-refractivity contribution >= 4 is 0 Å². The van der Waals surface area contributed by atoms with E-state index in [4.69, 9.17) is 0 Å². The molecule has 0 spiro atoms. The van der Waals surface area contributed by atoms with Crippen LogP contribution in [0.3, 0.4) is 0 Å². The van der Waals surface area contributed by atoms with Crippen molar-refractivity contribution in [2.75, 3.05) is 6.61 Å². The van der Waals surface area contributed by atoms with Gasteiger partial charge in [-0.15, -0.1) is 0 Å². The molecule has 32 heavy (non-hydrogen) atoms. The van der Waals surface area contributed by atoms with Gasteiger partial charge in [0.2, 0.25) is 0 Å². The molecule has 0 bridgehead atoms. The number of allylic oxidation sites excluding steroid dienone is 4. The normalized spacial score (nSPS) is 45.2. The molecule has 2 N–H and O–H groups in total. The minimum Gasteiger partial charge on any atom is -0.396 e. The Kier molecular flexibility index (Phi) is 7.06. The minimum absolute atomic E-state index is 0.0676. The van der Waals surface area contributed by atoms with Crippen LogP contribution >= 0.6 is 0 Å². The Morgan fingerprint density at radius 1 is 1.06 bits per heavy atom. The molecule has 3 saturated carbocycles. The van der Waals surface area contributed by atoms with Gasteiger partial charge < -0.3 is 10.2 Å². The summed E-state index contributed by atoms with van der Waals surface area (Å²) in [5, 5.41) is 20.6. The molecule has 0 aromatic rings. The van der Waals surface area contributed by atoms with E-state index >= 15 is 0 Å². The standard InChI is InChI=1S/C30H50O2/c1-7-21(19(2)3)9-8-20(4)24-12-13-25-22-10-11-26-23(18-31)28(32)15-17-30(26,6)27(22)14-16-29(24,25)5/h7,10,19-20,23-28,31-32H,8-9,11-18H2,1-6H3. The Balaban J connectivity index is 1.52. The number of fused-ring (bicyclic) bond motifs is 5. The minimum atomic E-state index is -0.313. The molecule has 9 unspecified atom stereocenters. The lowest BCUT2D eigenvalue weighted by atomic mass is 9.46. The Morgan fingerprint density at radius 2 is 1.75 bits per heavy atom. The summed E-state index contributed by atoms with van der Waals surface area (Å²) in [6.07, 6.45) is 15.8. The van der Waals surface area contributed by atoms with Gasteiger partial charge in [0.05, 0.1) is 6.10 Å². The fraction of sp³-hybridized carbons (Fsp3) is 0.867. The summed E-state index contributed by atoms with van der Waals surface area (Å²) in [5.41, 5.74) is 4.15. The van der Waals surface area contributed by atoms with Crippen LogP contribution in [-0.2, 0) is 0 Å². The third kappa shape index (κ3) is 3.86. The van der Waals surface area contributed by atoms with Gasteiger partial charge in [-0.25, -0.2) is 0 Å². The molecule has 4 aliphatic carbocycles. The maximum atomic E-state index is 10.6. The molecule has 182 valence electrons. The number of aliphatic hydroxyl groups excluding tert-OH is 2. The lowest BCUT2D eigenvalue weighted by molar-refractivity contribution is -0.0972. The van der Waals surface area contributed by atoms with Crippen LogP contribution in [0.4, 0.5) is 0 Å². The van der Waals surface area contributed by atoms with Crippen molar-refractivity contribution in [2.45, 2.75) is 105 Å². The third-order valence-corrected chi connectivity index (χ3v) is 11.3. The fourth-order valence-electron chi connectivity index (χ4n) is 9.33. The molecular formula is C30H50O2. The molecule has 3 fully saturated rings. The zero-order chi connectivity index (χ0) is 23.3. The van der Waals surface area contributed by atoms with Crippen LogP contribution in [-0.4, -0.2) is 22.9 Å². The second kappa shape index (κ2) is 9.21. The number of hydrogen-bond donors (Lipinski definition) is 2. The average Bonchev–Trinajstić information content (AvgIpc) is 3.11. The molecule has 0 aromatic heterocycles. The molecule has 4 aliphatic rings. The van der Waals surface area contributed by atoms with Gasteiger partial charge in [0, 0.05) is 12.5 Å². The van der Waals surface area contributed by atoms with Crippen LogP contribution < -0.4 is 0 Å². The monoisotopic (exact) mass is 442 g/mol. The van der Waals surface area contributed by atoms with Gasteiger partial charge in [-0.05, 0) is 111 Å². The average molecular weight is 443 g/mol. The quantitative estimate of drug-likeness (QED) is 0.428. The van der Waals surface area contributed by atoms with Gasteiger partial charge in [0.1, 0.15) is 0 Å². The molecular weight excluding hydrogens is 392 g/mol. The summed E-state index contributed by atoms with van der Waals surface area (Å²) < 4.78 is 0. The van der Waals surface area contributed by atoms with Crippen molar-refractivity contribution in [1.82, 2.24) is 0 Å². The van der Waals surface area contributed by atoms with Crippen molar-refractivity contribution in [1.29, 1.82) is 0 Å². The molecule has 0 saturated heterocycles. The molecule has 2 heteroatoms. The van der Waals surface area contributed by atoms with Gasteiger partial charge in [-0.3, -0.25) is 0 Å². The summed E-state index contributed by atoms with van der Waals surface area (Å²) in [6, 6.07) is 0. The van der Waals surface area contributed by atoms with Gasteiger partial charge in [0.25, 0.3) is 0 Å². The smallest absolute Gasteiger partial charge is 0.0593 e. The van der Waals surface area contributed by atoms with Crippen LogP contribution in [0.1, 0.15) is 99.3 Å². The Bertz CT molecular complexity index is 735.